The molecule has 0 saturated carbocycles. The summed E-state index contributed by atoms with van der Waals surface area (Å²) in [5.41, 5.74) is 0. The minimum Gasteiger partial charge on any atom is -0.327 e. The molecular weight excluding hydrogens is 352 g/mol. The minimum atomic E-state index is -0.801. The van der Waals surface area contributed by atoms with Gasteiger partial charge in [0.15, 0.2) is 0 Å². The van der Waals surface area contributed by atoms with Crippen LogP contribution in [-0.2, 0) is 14.2 Å². The third-order valence-corrected chi connectivity index (χ3v) is 5.75. The van der Waals surface area contributed by atoms with Crippen LogP contribution in [0.25, 0.3) is 0 Å². The second-order valence-corrected chi connectivity index (χ2v) is 8.87. The molecule has 0 saturated heterocycles. The molecule has 0 aliphatic rings. The van der Waals surface area contributed by atoms with Crippen molar-refractivity contribution >= 4 is 10.2 Å². The molecule has 0 fully saturated rings. The van der Waals surface area contributed by atoms with E-state index < -0.39 is 5.97 Å². The van der Waals surface area contributed by atoms with Crippen LogP contribution in [0.1, 0.15) is 117 Å². The summed E-state index contributed by atoms with van der Waals surface area (Å²) in [6.45, 7) is 8.79. The van der Waals surface area contributed by atoms with Gasteiger partial charge in [-0.25, -0.2) is 0 Å². The lowest BCUT2D eigenvalue weighted by Crippen LogP contribution is -2.40. The van der Waals surface area contributed by atoms with Crippen LogP contribution in [0.2, 0.25) is 6.04 Å². The van der Waals surface area contributed by atoms with E-state index in [1.165, 1.54) is 61.2 Å². The minimum absolute atomic E-state index is 0.731. The summed E-state index contributed by atoms with van der Waals surface area (Å²) in [6, 6.07) is 1.47. The van der Waals surface area contributed by atoms with Gasteiger partial charge < -0.3 is 14.2 Å². The summed E-state index contributed by atoms with van der Waals surface area (Å²) in [6.07, 6.45) is 18.3. The highest BCUT2D eigenvalue weighted by atomic mass is 28.1. The van der Waals surface area contributed by atoms with Gasteiger partial charge in [-0.3, -0.25) is 0 Å². The first-order valence-electron chi connectivity index (χ1n) is 12.2. The first kappa shape index (κ1) is 27.1. The first-order valence-corrected chi connectivity index (χ1v) is 13.6. The molecule has 0 aromatic rings. The third kappa shape index (κ3) is 16.7. The van der Waals surface area contributed by atoms with E-state index in [1.807, 2.05) is 0 Å². The molecule has 3 nitrogen and oxygen atoms in total. The average molecular weight is 403 g/mol. The fraction of sp³-hybridized carbons (Fsp3) is 1.00. The molecule has 0 aliphatic carbocycles. The van der Waals surface area contributed by atoms with Gasteiger partial charge in [-0.15, -0.1) is 0 Å². The van der Waals surface area contributed by atoms with Crippen LogP contribution in [0, 0.1) is 0 Å². The molecule has 0 unspecified atom stereocenters. The Balaban J connectivity index is 4.32. The predicted molar refractivity (Wildman–Crippen MR) is 122 cm³/mol. The normalized spacial score (nSPS) is 12.1. The Bertz CT molecular complexity index is 260. The van der Waals surface area contributed by atoms with Gasteiger partial charge in [0.1, 0.15) is 0 Å². The summed E-state index contributed by atoms with van der Waals surface area (Å²) in [5.74, 6) is -0.801. The Morgan fingerprint density at radius 2 is 0.889 bits per heavy atom. The van der Waals surface area contributed by atoms with Gasteiger partial charge in [0.2, 0.25) is 0 Å². The fourth-order valence-corrected chi connectivity index (χ4v) is 3.61. The van der Waals surface area contributed by atoms with Gasteiger partial charge in [-0.1, -0.05) is 91.0 Å². The van der Waals surface area contributed by atoms with Crippen molar-refractivity contribution in [1.82, 2.24) is 0 Å². The van der Waals surface area contributed by atoms with Crippen molar-refractivity contribution in [3.8, 4) is 0 Å². The standard InChI is InChI=1S/C23H50O3Si/c1-4-7-19-24-23(25-20-8-5-2,26-21-9-6-3)18-16-14-12-10-11-13-15-17-22-27/h4-22H2,1-3,27H3. The van der Waals surface area contributed by atoms with Gasteiger partial charge in [0, 0.05) is 16.7 Å². The van der Waals surface area contributed by atoms with E-state index in [1.54, 1.807) is 0 Å². The van der Waals surface area contributed by atoms with Gasteiger partial charge in [0.05, 0.1) is 19.8 Å². The van der Waals surface area contributed by atoms with Crippen LogP contribution in [0.5, 0.6) is 0 Å². The first-order chi connectivity index (χ1) is 13.2. The zero-order chi connectivity index (χ0) is 20.1. The van der Waals surface area contributed by atoms with Gasteiger partial charge >= 0.3 is 0 Å². The Hall–Kier alpha value is 0.0969. The number of hydrogen-bond donors (Lipinski definition) is 0. The van der Waals surface area contributed by atoms with Crippen LogP contribution >= 0.6 is 0 Å². The van der Waals surface area contributed by atoms with Crippen LogP contribution in [0.3, 0.4) is 0 Å². The molecule has 0 bridgehead atoms. The summed E-state index contributed by atoms with van der Waals surface area (Å²) >= 11 is 0. The van der Waals surface area contributed by atoms with E-state index in [-0.39, 0.29) is 0 Å². The average Bonchev–Trinajstić information content (AvgIpc) is 2.67. The number of unbranched alkanes of at least 4 members (excludes halogenated alkanes) is 10. The molecule has 0 aromatic carbocycles. The van der Waals surface area contributed by atoms with Crippen molar-refractivity contribution in [2.24, 2.45) is 0 Å². The lowest BCUT2D eigenvalue weighted by Gasteiger charge is -2.33. The smallest absolute Gasteiger partial charge is 0.282 e. The van der Waals surface area contributed by atoms with Crippen molar-refractivity contribution < 1.29 is 14.2 Å². The molecular formula is C23H50O3Si. The summed E-state index contributed by atoms with van der Waals surface area (Å²) in [7, 11) is 1.37. The van der Waals surface area contributed by atoms with Gasteiger partial charge in [-0.2, -0.15) is 0 Å². The summed E-state index contributed by atoms with van der Waals surface area (Å²) in [4.78, 5) is 0. The Kier molecular flexibility index (Phi) is 20.9. The van der Waals surface area contributed by atoms with Crippen LogP contribution in [0.4, 0.5) is 0 Å². The number of hydrogen-bond acceptors (Lipinski definition) is 3. The fourth-order valence-electron chi connectivity index (χ4n) is 3.11. The van der Waals surface area contributed by atoms with E-state index in [2.05, 4.69) is 20.8 Å². The Morgan fingerprint density at radius 1 is 0.519 bits per heavy atom. The lowest BCUT2D eigenvalue weighted by atomic mass is 10.1. The Labute approximate surface area is 173 Å². The van der Waals surface area contributed by atoms with E-state index in [9.17, 15) is 0 Å². The quantitative estimate of drug-likeness (QED) is 0.119. The van der Waals surface area contributed by atoms with Crippen molar-refractivity contribution in [2.75, 3.05) is 19.8 Å². The second-order valence-electron chi connectivity index (χ2n) is 7.87. The highest BCUT2D eigenvalue weighted by Gasteiger charge is 2.32. The van der Waals surface area contributed by atoms with Gasteiger partial charge in [0.25, 0.3) is 5.97 Å². The largest absolute Gasteiger partial charge is 0.327 e. The molecule has 0 rings (SSSR count). The molecule has 0 radical (unpaired) electrons. The highest BCUT2D eigenvalue weighted by Crippen LogP contribution is 2.26. The van der Waals surface area contributed by atoms with Crippen molar-refractivity contribution in [3.05, 3.63) is 0 Å². The van der Waals surface area contributed by atoms with E-state index in [0.717, 1.165) is 71.2 Å². The monoisotopic (exact) mass is 402 g/mol. The maximum Gasteiger partial charge on any atom is 0.282 e. The number of ether oxygens (including phenoxy) is 3. The van der Waals surface area contributed by atoms with E-state index in [0.29, 0.717) is 0 Å². The lowest BCUT2D eigenvalue weighted by molar-refractivity contribution is -0.384. The molecule has 0 atom stereocenters. The van der Waals surface area contributed by atoms with Crippen molar-refractivity contribution in [3.63, 3.8) is 0 Å². The predicted octanol–water partition coefficient (Wildman–Crippen LogP) is 6.38. The molecule has 164 valence electrons. The molecule has 4 heteroatoms. The van der Waals surface area contributed by atoms with Gasteiger partial charge in [-0.05, 0) is 25.7 Å². The zero-order valence-electron chi connectivity index (χ0n) is 19.2. The maximum atomic E-state index is 6.19. The van der Waals surface area contributed by atoms with E-state index in [4.69, 9.17) is 14.2 Å². The van der Waals surface area contributed by atoms with Crippen molar-refractivity contribution in [1.29, 1.82) is 0 Å². The Morgan fingerprint density at radius 3 is 1.26 bits per heavy atom. The molecule has 27 heavy (non-hydrogen) atoms. The molecule has 0 spiro atoms. The zero-order valence-corrected chi connectivity index (χ0v) is 21.2. The second kappa shape index (κ2) is 20.8. The van der Waals surface area contributed by atoms with Crippen molar-refractivity contribution in [2.45, 2.75) is 129 Å². The SMILES string of the molecule is CCCCOC(CCCCCCCCCC[SiH3])(OCCCC)OCCCC. The summed E-state index contributed by atoms with van der Waals surface area (Å²) < 4.78 is 18.6. The number of rotatable bonds is 22. The molecule has 0 aromatic heterocycles. The molecule has 0 aliphatic heterocycles. The molecule has 0 N–H and O–H groups in total. The van der Waals surface area contributed by atoms with Crippen LogP contribution in [-0.4, -0.2) is 36.0 Å². The molecule has 0 amide bonds. The maximum absolute atomic E-state index is 6.19. The topological polar surface area (TPSA) is 27.7 Å². The molecule has 0 heterocycles. The van der Waals surface area contributed by atoms with Crippen LogP contribution < -0.4 is 0 Å². The van der Waals surface area contributed by atoms with E-state index >= 15 is 0 Å². The highest BCUT2D eigenvalue weighted by molar-refractivity contribution is 6.08. The third-order valence-electron chi connectivity index (χ3n) is 5.05. The summed E-state index contributed by atoms with van der Waals surface area (Å²) in [5, 5.41) is 0. The van der Waals surface area contributed by atoms with Crippen LogP contribution in [0.15, 0.2) is 0 Å².